The highest BCUT2D eigenvalue weighted by atomic mass is 32.2. The van der Waals surface area contributed by atoms with Crippen molar-refractivity contribution in [3.05, 3.63) is 82.9 Å². The molecule has 0 aliphatic rings. The van der Waals surface area contributed by atoms with Crippen LogP contribution in [0, 0.1) is 13.8 Å². The molecule has 0 saturated heterocycles. The summed E-state index contributed by atoms with van der Waals surface area (Å²) >= 11 is 0. The Morgan fingerprint density at radius 2 is 1.03 bits per heavy atom. The van der Waals surface area contributed by atoms with Gasteiger partial charge in [-0.05, 0) is 49.2 Å². The Kier molecular flexibility index (Phi) is 7.98. The lowest BCUT2D eigenvalue weighted by Gasteiger charge is -2.14. The van der Waals surface area contributed by atoms with Gasteiger partial charge >= 0.3 is 0 Å². The van der Waals surface area contributed by atoms with Crippen LogP contribution in [0.25, 0.3) is 0 Å². The third-order valence-corrected chi connectivity index (χ3v) is 7.00. The van der Waals surface area contributed by atoms with Gasteiger partial charge in [-0.15, -0.1) is 0 Å². The van der Waals surface area contributed by atoms with Gasteiger partial charge in [0.1, 0.15) is 0 Å². The predicted octanol–water partition coefficient (Wildman–Crippen LogP) is 4.04. The van der Waals surface area contributed by atoms with Crippen LogP contribution in [0.4, 0.5) is 0 Å². The van der Waals surface area contributed by atoms with Crippen LogP contribution in [0.5, 0.6) is 11.5 Å². The molecule has 0 radical (unpaired) electrons. The van der Waals surface area contributed by atoms with Crippen molar-refractivity contribution in [1.82, 2.24) is 0 Å². The van der Waals surface area contributed by atoms with E-state index < -0.39 is 20.2 Å². The monoisotopic (exact) mass is 506 g/mol. The molecular weight excluding hydrogens is 480 g/mol. The maximum atomic E-state index is 11.6. The van der Waals surface area contributed by atoms with Crippen molar-refractivity contribution >= 4 is 20.2 Å². The third-order valence-electron chi connectivity index (χ3n) is 5.09. The molecule has 2 N–H and O–H groups in total. The van der Waals surface area contributed by atoms with Crippen LogP contribution in [-0.4, -0.2) is 39.2 Å². The zero-order chi connectivity index (χ0) is 24.9. The third kappa shape index (κ3) is 6.80. The van der Waals surface area contributed by atoms with E-state index in [1.165, 1.54) is 12.1 Å². The van der Waals surface area contributed by atoms with Gasteiger partial charge < -0.3 is 9.47 Å². The van der Waals surface area contributed by atoms with Gasteiger partial charge in [-0.25, -0.2) is 0 Å². The van der Waals surface area contributed by atoms with Gasteiger partial charge in [-0.2, -0.15) is 16.8 Å². The Morgan fingerprint density at radius 1 is 0.647 bits per heavy atom. The molecule has 3 rings (SSSR count). The van der Waals surface area contributed by atoms with Crippen molar-refractivity contribution in [2.24, 2.45) is 0 Å². The topological polar surface area (TPSA) is 127 Å². The number of benzene rings is 3. The lowest BCUT2D eigenvalue weighted by molar-refractivity contribution is 0.271. The highest BCUT2D eigenvalue weighted by Crippen LogP contribution is 2.28. The predicted molar refractivity (Wildman–Crippen MR) is 127 cm³/mol. The average molecular weight is 507 g/mol. The highest BCUT2D eigenvalue weighted by Gasteiger charge is 2.17. The fourth-order valence-electron chi connectivity index (χ4n) is 3.54. The van der Waals surface area contributed by atoms with E-state index >= 15 is 0 Å². The summed E-state index contributed by atoms with van der Waals surface area (Å²) < 4.78 is 77.1. The first-order valence-corrected chi connectivity index (χ1v) is 13.3. The van der Waals surface area contributed by atoms with Gasteiger partial charge in [-0.1, -0.05) is 47.5 Å². The second kappa shape index (κ2) is 10.6. The summed E-state index contributed by atoms with van der Waals surface area (Å²) in [7, 11) is -8.70. The van der Waals surface area contributed by atoms with Crippen molar-refractivity contribution in [1.29, 1.82) is 0 Å². The normalized spacial score (nSPS) is 11.9. The molecule has 0 fully saturated rings. The second-order valence-electron chi connectivity index (χ2n) is 7.82. The van der Waals surface area contributed by atoms with E-state index in [0.717, 1.165) is 11.1 Å². The molecule has 0 heterocycles. The fourth-order valence-corrected chi connectivity index (χ4v) is 5.01. The number of rotatable bonds is 10. The maximum Gasteiger partial charge on any atom is 0.294 e. The minimum atomic E-state index is -4.35. The van der Waals surface area contributed by atoms with Crippen molar-refractivity contribution in [3.63, 3.8) is 0 Å². The summed E-state index contributed by atoms with van der Waals surface area (Å²) in [6.45, 7) is 3.92. The van der Waals surface area contributed by atoms with E-state index in [9.17, 15) is 25.9 Å². The molecule has 0 amide bonds. The van der Waals surface area contributed by atoms with Gasteiger partial charge in [0.25, 0.3) is 20.2 Å². The Morgan fingerprint density at radius 3 is 1.38 bits per heavy atom. The molecule has 10 heteroatoms. The maximum absolute atomic E-state index is 11.6. The van der Waals surface area contributed by atoms with Crippen LogP contribution < -0.4 is 9.47 Å². The van der Waals surface area contributed by atoms with Crippen LogP contribution in [0.2, 0.25) is 0 Å². The molecule has 0 aliphatic carbocycles. The van der Waals surface area contributed by atoms with Crippen molar-refractivity contribution in [2.45, 2.75) is 36.5 Å². The standard InChI is InChI=1S/C24H26O8S2/c1-17-7-9-23(33(25,26)27)19(15-17)11-13-31-21-5-3-4-6-22(21)32-14-12-20-16-18(2)8-10-24(20)34(28,29)30/h3-10,15-16H,11-14H2,1-2H3,(H,25,26,27)(H,28,29,30). The lowest BCUT2D eigenvalue weighted by Crippen LogP contribution is -2.10. The summed E-state index contributed by atoms with van der Waals surface area (Å²) in [5.41, 5.74) is 2.59. The van der Waals surface area contributed by atoms with Gasteiger partial charge in [0, 0.05) is 12.8 Å². The van der Waals surface area contributed by atoms with Gasteiger partial charge in [0.15, 0.2) is 11.5 Å². The van der Waals surface area contributed by atoms with Crippen molar-refractivity contribution in [3.8, 4) is 11.5 Å². The number of aryl methyl sites for hydroxylation is 2. The molecule has 0 saturated carbocycles. The smallest absolute Gasteiger partial charge is 0.294 e. The van der Waals surface area contributed by atoms with Crippen LogP contribution >= 0.6 is 0 Å². The zero-order valence-corrected chi connectivity index (χ0v) is 20.4. The zero-order valence-electron chi connectivity index (χ0n) is 18.8. The fraction of sp³-hybridized carbons (Fsp3) is 0.250. The van der Waals surface area contributed by atoms with Crippen molar-refractivity contribution < 1.29 is 35.4 Å². The van der Waals surface area contributed by atoms with E-state index in [2.05, 4.69) is 0 Å². The number of hydrogen-bond acceptors (Lipinski definition) is 6. The van der Waals surface area contributed by atoms with E-state index in [4.69, 9.17) is 9.47 Å². The van der Waals surface area contributed by atoms with Gasteiger partial charge in [-0.3, -0.25) is 9.11 Å². The first kappa shape index (κ1) is 25.7. The molecule has 3 aromatic rings. The first-order valence-electron chi connectivity index (χ1n) is 10.4. The number of hydrogen-bond donors (Lipinski definition) is 2. The summed E-state index contributed by atoms with van der Waals surface area (Å²) in [6.07, 6.45) is 0.484. The highest BCUT2D eigenvalue weighted by molar-refractivity contribution is 7.86. The van der Waals surface area contributed by atoms with E-state index in [-0.39, 0.29) is 35.8 Å². The van der Waals surface area contributed by atoms with Gasteiger partial charge in [0.2, 0.25) is 0 Å². The van der Waals surface area contributed by atoms with Crippen LogP contribution in [-0.2, 0) is 33.1 Å². The molecule has 0 unspecified atom stereocenters. The quantitative estimate of drug-likeness (QED) is 0.395. The molecule has 0 spiro atoms. The first-order chi connectivity index (χ1) is 15.9. The molecule has 8 nitrogen and oxygen atoms in total. The minimum absolute atomic E-state index is 0.136. The van der Waals surface area contributed by atoms with E-state index in [1.54, 1.807) is 48.5 Å². The molecule has 34 heavy (non-hydrogen) atoms. The summed E-state index contributed by atoms with van der Waals surface area (Å²) in [6, 6.07) is 16.2. The van der Waals surface area contributed by atoms with Crippen LogP contribution in [0.3, 0.4) is 0 Å². The van der Waals surface area contributed by atoms with Crippen LogP contribution in [0.15, 0.2) is 70.5 Å². The Balaban J connectivity index is 1.67. The summed E-state index contributed by atoms with van der Waals surface area (Å²) in [5, 5.41) is 0. The molecule has 0 atom stereocenters. The van der Waals surface area contributed by atoms with Gasteiger partial charge in [0.05, 0.1) is 23.0 Å². The SMILES string of the molecule is Cc1ccc(S(=O)(=O)O)c(CCOc2ccccc2OCCc2cc(C)ccc2S(=O)(=O)O)c1. The summed E-state index contributed by atoms with van der Waals surface area (Å²) in [4.78, 5) is -0.307. The van der Waals surface area contributed by atoms with E-state index in [0.29, 0.717) is 22.6 Å². The minimum Gasteiger partial charge on any atom is -0.489 e. The number of para-hydroxylation sites is 2. The van der Waals surface area contributed by atoms with Crippen LogP contribution in [0.1, 0.15) is 22.3 Å². The van der Waals surface area contributed by atoms with E-state index in [1.807, 2.05) is 13.8 Å². The summed E-state index contributed by atoms with van der Waals surface area (Å²) in [5.74, 6) is 0.866. The Hall–Kier alpha value is -2.92. The Bertz CT molecular complexity index is 1270. The molecule has 0 bridgehead atoms. The Labute approximate surface area is 199 Å². The largest absolute Gasteiger partial charge is 0.489 e. The second-order valence-corrected chi connectivity index (χ2v) is 10.6. The van der Waals surface area contributed by atoms with Crippen molar-refractivity contribution in [2.75, 3.05) is 13.2 Å². The molecule has 182 valence electrons. The molecule has 0 aromatic heterocycles. The molecular formula is C24H26O8S2. The number of ether oxygens (including phenoxy) is 2. The molecule has 0 aliphatic heterocycles. The average Bonchev–Trinajstić information content (AvgIpc) is 2.73. The lowest BCUT2D eigenvalue weighted by atomic mass is 10.1. The molecule has 3 aromatic carbocycles.